The lowest BCUT2D eigenvalue weighted by Gasteiger charge is -2.24. The van der Waals surface area contributed by atoms with Crippen LogP contribution in [0, 0.1) is 6.92 Å². The summed E-state index contributed by atoms with van der Waals surface area (Å²) in [5.41, 5.74) is 2.89. The van der Waals surface area contributed by atoms with E-state index in [1.165, 1.54) is 18.5 Å². The smallest absolute Gasteiger partial charge is 0.252 e. The number of amides is 1. The van der Waals surface area contributed by atoms with Gasteiger partial charge in [-0.3, -0.25) is 4.79 Å². The van der Waals surface area contributed by atoms with Crippen LogP contribution in [0.3, 0.4) is 0 Å². The minimum absolute atomic E-state index is 0.0195. The van der Waals surface area contributed by atoms with Crippen LogP contribution in [0.1, 0.15) is 49.5 Å². The highest BCUT2D eigenvalue weighted by molar-refractivity contribution is 5.97. The quantitative estimate of drug-likeness (QED) is 0.886. The van der Waals surface area contributed by atoms with Crippen LogP contribution in [-0.2, 0) is 0 Å². The molecule has 1 fully saturated rings. The Kier molecular flexibility index (Phi) is 3.83. The van der Waals surface area contributed by atoms with Crippen LogP contribution in [0.5, 0.6) is 0 Å². The molecule has 3 heteroatoms. The fourth-order valence-corrected chi connectivity index (χ4v) is 2.58. The van der Waals surface area contributed by atoms with Gasteiger partial charge in [-0.25, -0.2) is 0 Å². The Morgan fingerprint density at radius 3 is 2.42 bits per heavy atom. The van der Waals surface area contributed by atoms with Crippen molar-refractivity contribution in [2.45, 2.75) is 46.1 Å². The summed E-state index contributed by atoms with van der Waals surface area (Å²) >= 11 is 0. The molecule has 0 radical (unpaired) electrons. The third-order valence-electron chi connectivity index (χ3n) is 3.49. The molecule has 1 aromatic carbocycles. The van der Waals surface area contributed by atoms with Gasteiger partial charge in [-0.05, 0) is 58.2 Å². The van der Waals surface area contributed by atoms with Crippen molar-refractivity contribution in [1.82, 2.24) is 5.32 Å². The molecule has 19 heavy (non-hydrogen) atoms. The first-order valence-corrected chi connectivity index (χ1v) is 7.05. The van der Waals surface area contributed by atoms with Crippen LogP contribution in [0.15, 0.2) is 18.2 Å². The lowest BCUT2D eigenvalue weighted by Crippen LogP contribution is -2.41. The molecule has 0 spiro atoms. The fourth-order valence-electron chi connectivity index (χ4n) is 2.58. The van der Waals surface area contributed by atoms with E-state index in [1.807, 2.05) is 39.8 Å². The fraction of sp³-hybridized carbons (Fsp3) is 0.562. The molecule has 0 atom stereocenters. The van der Waals surface area contributed by atoms with E-state index in [4.69, 9.17) is 0 Å². The highest BCUT2D eigenvalue weighted by Gasteiger charge is 2.20. The molecule has 0 unspecified atom stereocenters. The lowest BCUT2D eigenvalue weighted by molar-refractivity contribution is 0.0919. The van der Waals surface area contributed by atoms with Gasteiger partial charge in [-0.2, -0.15) is 0 Å². The number of hydrogen-bond acceptors (Lipinski definition) is 2. The summed E-state index contributed by atoms with van der Waals surface area (Å²) < 4.78 is 0. The summed E-state index contributed by atoms with van der Waals surface area (Å²) in [6.07, 6.45) is 2.50. The predicted molar refractivity (Wildman–Crippen MR) is 79.8 cm³/mol. The summed E-state index contributed by atoms with van der Waals surface area (Å²) in [4.78, 5) is 14.7. The highest BCUT2D eigenvalue weighted by Crippen LogP contribution is 2.26. The van der Waals surface area contributed by atoms with Crippen molar-refractivity contribution in [3.05, 3.63) is 29.3 Å². The molecule has 0 aliphatic carbocycles. The van der Waals surface area contributed by atoms with Crippen molar-refractivity contribution in [2.24, 2.45) is 0 Å². The zero-order chi connectivity index (χ0) is 14.0. The molecule has 0 bridgehead atoms. The summed E-state index contributed by atoms with van der Waals surface area (Å²) in [7, 11) is 0. The second-order valence-electron chi connectivity index (χ2n) is 6.35. The van der Waals surface area contributed by atoms with Gasteiger partial charge in [-0.15, -0.1) is 0 Å². The maximum absolute atomic E-state index is 12.3. The number of carbonyl (C=O) groups excluding carboxylic acids is 1. The van der Waals surface area contributed by atoms with Crippen molar-refractivity contribution >= 4 is 11.6 Å². The van der Waals surface area contributed by atoms with Crippen molar-refractivity contribution in [1.29, 1.82) is 0 Å². The average Bonchev–Trinajstić information content (AvgIpc) is 2.80. The third kappa shape index (κ3) is 3.28. The summed E-state index contributed by atoms with van der Waals surface area (Å²) in [5.74, 6) is 0.0195. The minimum Gasteiger partial charge on any atom is -0.371 e. The number of nitrogens with one attached hydrogen (secondary N) is 1. The Morgan fingerprint density at radius 2 is 1.84 bits per heavy atom. The number of nitrogens with zero attached hydrogens (tertiary/aromatic N) is 1. The van der Waals surface area contributed by atoms with Crippen LogP contribution in [0.25, 0.3) is 0 Å². The van der Waals surface area contributed by atoms with Gasteiger partial charge in [0.15, 0.2) is 0 Å². The topological polar surface area (TPSA) is 32.3 Å². The maximum Gasteiger partial charge on any atom is 0.252 e. The molecule has 1 saturated heterocycles. The molecule has 104 valence electrons. The Morgan fingerprint density at radius 1 is 1.21 bits per heavy atom. The van der Waals surface area contributed by atoms with Gasteiger partial charge in [0.25, 0.3) is 5.91 Å². The predicted octanol–water partition coefficient (Wildman–Crippen LogP) is 3.12. The van der Waals surface area contributed by atoms with E-state index >= 15 is 0 Å². The van der Waals surface area contributed by atoms with Crippen LogP contribution in [0.4, 0.5) is 5.69 Å². The number of rotatable bonds is 2. The van der Waals surface area contributed by atoms with E-state index in [0.717, 1.165) is 24.2 Å². The number of benzene rings is 1. The summed E-state index contributed by atoms with van der Waals surface area (Å²) in [6, 6.07) is 6.02. The molecule has 0 aromatic heterocycles. The van der Waals surface area contributed by atoms with E-state index in [-0.39, 0.29) is 11.4 Å². The van der Waals surface area contributed by atoms with Gasteiger partial charge in [-0.1, -0.05) is 6.07 Å². The van der Waals surface area contributed by atoms with Crippen LogP contribution in [0.2, 0.25) is 0 Å². The standard InChI is InChI=1S/C16H24N2O/c1-12-13(15(19)17-16(2,3)4)8-7-9-14(12)18-10-5-6-11-18/h7-9H,5-6,10-11H2,1-4H3,(H,17,19). The normalized spacial score (nSPS) is 15.7. The van der Waals surface area contributed by atoms with Gasteiger partial charge in [0.05, 0.1) is 0 Å². The van der Waals surface area contributed by atoms with Gasteiger partial charge in [0.1, 0.15) is 0 Å². The Hall–Kier alpha value is -1.51. The third-order valence-corrected chi connectivity index (χ3v) is 3.49. The van der Waals surface area contributed by atoms with Gasteiger partial charge in [0.2, 0.25) is 0 Å². The highest BCUT2D eigenvalue weighted by atomic mass is 16.1. The summed E-state index contributed by atoms with van der Waals surface area (Å²) in [6.45, 7) is 10.3. The van der Waals surface area contributed by atoms with Gasteiger partial charge >= 0.3 is 0 Å². The molecule has 2 rings (SSSR count). The zero-order valence-corrected chi connectivity index (χ0v) is 12.4. The minimum atomic E-state index is -0.201. The van der Waals surface area contributed by atoms with Crippen LogP contribution >= 0.6 is 0 Å². The Bertz CT molecular complexity index is 468. The first-order valence-electron chi connectivity index (χ1n) is 7.05. The van der Waals surface area contributed by atoms with Crippen LogP contribution in [-0.4, -0.2) is 24.5 Å². The summed E-state index contributed by atoms with van der Waals surface area (Å²) in [5, 5.41) is 3.04. The largest absolute Gasteiger partial charge is 0.371 e. The second kappa shape index (κ2) is 5.24. The first-order chi connectivity index (χ1) is 8.88. The molecule has 0 saturated carbocycles. The van der Waals surface area contributed by atoms with E-state index < -0.39 is 0 Å². The number of carbonyl (C=O) groups is 1. The van der Waals surface area contributed by atoms with E-state index in [9.17, 15) is 4.79 Å². The molecule has 1 aliphatic heterocycles. The van der Waals surface area contributed by atoms with Crippen molar-refractivity contribution < 1.29 is 4.79 Å². The number of hydrogen-bond donors (Lipinski definition) is 1. The SMILES string of the molecule is Cc1c(C(=O)NC(C)(C)C)cccc1N1CCCC1. The second-order valence-corrected chi connectivity index (χ2v) is 6.35. The molecular weight excluding hydrogens is 236 g/mol. The number of anilines is 1. The molecule has 1 N–H and O–H groups in total. The molecule has 1 heterocycles. The molecule has 1 aliphatic rings. The zero-order valence-electron chi connectivity index (χ0n) is 12.4. The molecule has 1 amide bonds. The van der Waals surface area contributed by atoms with Crippen molar-refractivity contribution in [2.75, 3.05) is 18.0 Å². The van der Waals surface area contributed by atoms with Crippen molar-refractivity contribution in [3.63, 3.8) is 0 Å². The van der Waals surface area contributed by atoms with Crippen LogP contribution < -0.4 is 10.2 Å². The molecule has 3 nitrogen and oxygen atoms in total. The van der Waals surface area contributed by atoms with Gasteiger partial charge in [0, 0.05) is 29.9 Å². The monoisotopic (exact) mass is 260 g/mol. The van der Waals surface area contributed by atoms with E-state index in [1.54, 1.807) is 0 Å². The van der Waals surface area contributed by atoms with E-state index in [2.05, 4.69) is 16.3 Å². The van der Waals surface area contributed by atoms with Gasteiger partial charge < -0.3 is 10.2 Å². The lowest BCUT2D eigenvalue weighted by atomic mass is 10.0. The van der Waals surface area contributed by atoms with Crippen molar-refractivity contribution in [3.8, 4) is 0 Å². The molecular formula is C16H24N2O. The Labute approximate surface area is 116 Å². The Balaban J connectivity index is 2.26. The first kappa shape index (κ1) is 13.9. The average molecular weight is 260 g/mol. The molecule has 1 aromatic rings. The maximum atomic E-state index is 12.3. The van der Waals surface area contributed by atoms with E-state index in [0.29, 0.717) is 0 Å².